The van der Waals surface area contributed by atoms with Crippen LogP contribution in [0.25, 0.3) is 11.1 Å². The normalized spacial score (nSPS) is 23.9. The topological polar surface area (TPSA) is 95.9 Å². The number of carboxylic acid groups (broad SMARTS) is 1. The Morgan fingerprint density at radius 2 is 1.69 bits per heavy atom. The van der Waals surface area contributed by atoms with E-state index >= 15 is 0 Å². The molecule has 0 aromatic heterocycles. The summed E-state index contributed by atoms with van der Waals surface area (Å²) in [5, 5.41) is 12.2. The first-order valence-corrected chi connectivity index (χ1v) is 12.5. The number of nitrogens with one attached hydrogen (secondary N) is 1. The Balaban J connectivity index is 1.24. The number of fused-ring (bicyclic) bond motifs is 4. The zero-order chi connectivity index (χ0) is 24.7. The van der Waals surface area contributed by atoms with E-state index in [2.05, 4.69) is 29.6 Å². The van der Waals surface area contributed by atoms with Crippen LogP contribution in [0.4, 0.5) is 4.79 Å². The third-order valence-corrected chi connectivity index (χ3v) is 8.19. The highest BCUT2D eigenvalue weighted by molar-refractivity contribution is 5.86. The molecule has 0 bridgehead atoms. The fourth-order valence-electron chi connectivity index (χ4n) is 5.95. The van der Waals surface area contributed by atoms with Gasteiger partial charge in [-0.25, -0.2) is 4.79 Å². The monoisotopic (exact) mass is 476 g/mol. The standard InChI is InChI=1S/C28H32N2O5/c1-3-16(2)25(26(31)30-13-12-21-22(14-30)24(21)27(32)33)29-28(34)35-15-23-19-10-6-4-8-17(19)18-9-5-7-11-20(18)23/h4-11,16,21-25H,3,12-15H2,1-2H3,(H,29,34)(H,32,33)/t16-,21-,22+,24?,25-/m0/s1. The molecule has 184 valence electrons. The van der Waals surface area contributed by atoms with Gasteiger partial charge in [-0.3, -0.25) is 9.59 Å². The lowest BCUT2D eigenvalue weighted by atomic mass is 9.97. The number of hydrogen-bond acceptors (Lipinski definition) is 4. The predicted octanol–water partition coefficient (Wildman–Crippen LogP) is 4.12. The number of carbonyl (C=O) groups is 3. The van der Waals surface area contributed by atoms with Crippen molar-refractivity contribution in [2.45, 2.75) is 38.6 Å². The van der Waals surface area contributed by atoms with Gasteiger partial charge in [-0.15, -0.1) is 0 Å². The van der Waals surface area contributed by atoms with E-state index in [0.29, 0.717) is 19.5 Å². The number of carboxylic acids is 1. The molecule has 2 N–H and O–H groups in total. The lowest BCUT2D eigenvalue weighted by molar-refractivity contribution is -0.139. The molecule has 1 aliphatic heterocycles. The van der Waals surface area contributed by atoms with Crippen LogP contribution in [0.5, 0.6) is 0 Å². The van der Waals surface area contributed by atoms with Gasteiger partial charge in [0.15, 0.2) is 0 Å². The molecule has 2 aromatic rings. The van der Waals surface area contributed by atoms with Crippen LogP contribution in [0.3, 0.4) is 0 Å². The molecule has 1 heterocycles. The number of piperidine rings is 1. The molecule has 35 heavy (non-hydrogen) atoms. The zero-order valence-corrected chi connectivity index (χ0v) is 20.1. The van der Waals surface area contributed by atoms with E-state index in [1.165, 1.54) is 0 Å². The fourth-order valence-corrected chi connectivity index (χ4v) is 5.95. The molecule has 5 atom stereocenters. The summed E-state index contributed by atoms with van der Waals surface area (Å²) in [6.45, 7) is 5.09. The zero-order valence-electron chi connectivity index (χ0n) is 20.1. The van der Waals surface area contributed by atoms with Crippen molar-refractivity contribution in [1.29, 1.82) is 0 Å². The SMILES string of the molecule is CC[C@H](C)[C@H](NC(=O)OCC1c2ccccc2-c2ccccc21)C(=O)N1CC[C@@H]2C(C(=O)O)[C@@H]2C1. The highest BCUT2D eigenvalue weighted by Crippen LogP contribution is 2.51. The van der Waals surface area contributed by atoms with Gasteiger partial charge in [0.2, 0.25) is 5.91 Å². The molecule has 2 amide bonds. The number of rotatable bonds is 7. The Morgan fingerprint density at radius 3 is 2.29 bits per heavy atom. The summed E-state index contributed by atoms with van der Waals surface area (Å²) < 4.78 is 5.68. The maximum Gasteiger partial charge on any atom is 0.407 e. The van der Waals surface area contributed by atoms with Crippen molar-refractivity contribution in [1.82, 2.24) is 10.2 Å². The number of hydrogen-bond donors (Lipinski definition) is 2. The number of benzene rings is 2. The maximum absolute atomic E-state index is 13.4. The number of amides is 2. The minimum atomic E-state index is -0.774. The van der Waals surface area contributed by atoms with Crippen LogP contribution in [0.1, 0.15) is 43.7 Å². The van der Waals surface area contributed by atoms with Crippen molar-refractivity contribution < 1.29 is 24.2 Å². The Bertz CT molecular complexity index is 1100. The van der Waals surface area contributed by atoms with E-state index < -0.39 is 18.1 Å². The summed E-state index contributed by atoms with van der Waals surface area (Å²) in [6.07, 6.45) is 0.818. The number of aliphatic carboxylic acids is 1. The number of likely N-dealkylation sites (tertiary alicyclic amines) is 1. The van der Waals surface area contributed by atoms with E-state index in [1.54, 1.807) is 4.90 Å². The lowest BCUT2D eigenvalue weighted by Crippen LogP contribution is -2.53. The maximum atomic E-state index is 13.4. The van der Waals surface area contributed by atoms with Crippen molar-refractivity contribution in [2.75, 3.05) is 19.7 Å². The van der Waals surface area contributed by atoms with Gasteiger partial charge in [0.1, 0.15) is 12.6 Å². The molecule has 0 radical (unpaired) electrons. The first-order chi connectivity index (χ1) is 16.9. The van der Waals surface area contributed by atoms with Crippen molar-refractivity contribution >= 4 is 18.0 Å². The predicted molar refractivity (Wildman–Crippen MR) is 131 cm³/mol. The molecule has 2 aromatic carbocycles. The van der Waals surface area contributed by atoms with Crippen LogP contribution in [-0.2, 0) is 14.3 Å². The van der Waals surface area contributed by atoms with Gasteiger partial charge in [-0.1, -0.05) is 68.8 Å². The smallest absolute Gasteiger partial charge is 0.407 e. The first-order valence-electron chi connectivity index (χ1n) is 12.5. The van der Waals surface area contributed by atoms with E-state index in [1.807, 2.05) is 38.1 Å². The summed E-state index contributed by atoms with van der Waals surface area (Å²) in [5.41, 5.74) is 4.59. The third kappa shape index (κ3) is 4.28. The van der Waals surface area contributed by atoms with Crippen LogP contribution in [-0.4, -0.2) is 53.7 Å². The molecular formula is C28H32N2O5. The van der Waals surface area contributed by atoms with Gasteiger partial charge in [0.05, 0.1) is 5.92 Å². The van der Waals surface area contributed by atoms with E-state index in [0.717, 1.165) is 28.7 Å². The number of ether oxygens (including phenoxy) is 1. The van der Waals surface area contributed by atoms with Crippen LogP contribution >= 0.6 is 0 Å². The Kier molecular flexibility index (Phi) is 6.26. The molecule has 2 aliphatic carbocycles. The van der Waals surface area contributed by atoms with E-state index in [9.17, 15) is 19.5 Å². The van der Waals surface area contributed by atoms with E-state index in [4.69, 9.17) is 4.74 Å². The van der Waals surface area contributed by atoms with Crippen molar-refractivity contribution in [3.63, 3.8) is 0 Å². The quantitative estimate of drug-likeness (QED) is 0.627. The molecule has 1 unspecified atom stereocenters. The lowest BCUT2D eigenvalue weighted by Gasteiger charge is -2.32. The fraction of sp³-hybridized carbons (Fsp3) is 0.464. The van der Waals surface area contributed by atoms with Gasteiger partial charge in [0, 0.05) is 19.0 Å². The van der Waals surface area contributed by atoms with Crippen molar-refractivity contribution in [2.24, 2.45) is 23.7 Å². The summed E-state index contributed by atoms with van der Waals surface area (Å²) >= 11 is 0. The molecule has 5 rings (SSSR count). The van der Waals surface area contributed by atoms with Crippen LogP contribution in [0.2, 0.25) is 0 Å². The summed E-state index contributed by atoms with van der Waals surface area (Å²) in [6, 6.07) is 15.6. The molecule has 7 heteroatoms. The van der Waals surface area contributed by atoms with Gasteiger partial charge < -0.3 is 20.1 Å². The largest absolute Gasteiger partial charge is 0.481 e. The molecule has 0 spiro atoms. The van der Waals surface area contributed by atoms with Crippen LogP contribution in [0, 0.1) is 23.7 Å². The van der Waals surface area contributed by atoms with Gasteiger partial charge in [0.25, 0.3) is 0 Å². The molecule has 1 saturated heterocycles. The van der Waals surface area contributed by atoms with Gasteiger partial charge in [-0.05, 0) is 46.4 Å². The number of nitrogens with zero attached hydrogens (tertiary/aromatic N) is 1. The van der Waals surface area contributed by atoms with E-state index in [-0.39, 0.29) is 42.1 Å². The third-order valence-electron chi connectivity index (χ3n) is 8.19. The van der Waals surface area contributed by atoms with Crippen molar-refractivity contribution in [3.05, 3.63) is 59.7 Å². The number of carbonyl (C=O) groups excluding carboxylic acids is 2. The minimum absolute atomic E-state index is 0.0252. The van der Waals surface area contributed by atoms with Gasteiger partial charge >= 0.3 is 12.1 Å². The molecule has 2 fully saturated rings. The average Bonchev–Trinajstić information content (AvgIpc) is 3.52. The highest BCUT2D eigenvalue weighted by Gasteiger charge is 2.57. The summed E-state index contributed by atoms with van der Waals surface area (Å²) in [7, 11) is 0. The van der Waals surface area contributed by atoms with Crippen molar-refractivity contribution in [3.8, 4) is 11.1 Å². The second-order valence-electron chi connectivity index (χ2n) is 10.1. The number of alkyl carbamates (subject to hydrolysis) is 1. The summed E-state index contributed by atoms with van der Waals surface area (Å²) in [5.74, 6) is -1.19. The minimum Gasteiger partial charge on any atom is -0.481 e. The Hall–Kier alpha value is -3.35. The molecule has 7 nitrogen and oxygen atoms in total. The Labute approximate surface area is 205 Å². The first kappa shape index (κ1) is 23.4. The molecular weight excluding hydrogens is 444 g/mol. The molecule has 3 aliphatic rings. The summed E-state index contributed by atoms with van der Waals surface area (Å²) in [4.78, 5) is 39.4. The van der Waals surface area contributed by atoms with Gasteiger partial charge in [-0.2, -0.15) is 0 Å². The average molecular weight is 477 g/mol. The van der Waals surface area contributed by atoms with Crippen LogP contribution in [0.15, 0.2) is 48.5 Å². The molecule has 1 saturated carbocycles. The second-order valence-corrected chi connectivity index (χ2v) is 10.1. The van der Waals surface area contributed by atoms with Crippen LogP contribution < -0.4 is 5.32 Å². The highest BCUT2D eigenvalue weighted by atomic mass is 16.5. The Morgan fingerprint density at radius 1 is 1.06 bits per heavy atom. The second kappa shape index (κ2) is 9.36.